The normalized spacial score (nSPS) is 28.1. The van der Waals surface area contributed by atoms with E-state index in [1.807, 2.05) is 0 Å². The Labute approximate surface area is 160 Å². The fourth-order valence-electron chi connectivity index (χ4n) is 4.48. The van der Waals surface area contributed by atoms with Gasteiger partial charge in [0.25, 0.3) is 0 Å². The maximum absolute atomic E-state index is 12.6. The van der Waals surface area contributed by atoms with Gasteiger partial charge in [-0.05, 0) is 30.5 Å². The first-order valence-electron chi connectivity index (χ1n) is 8.65. The number of benzene rings is 1. The highest BCUT2D eigenvalue weighted by Crippen LogP contribution is 2.52. The number of ether oxygens (including phenoxy) is 1. The minimum Gasteiger partial charge on any atom is -0.465 e. The third-order valence-corrected chi connectivity index (χ3v) is 6.56. The maximum atomic E-state index is 12.6. The summed E-state index contributed by atoms with van der Waals surface area (Å²) in [7, 11) is -4.32. The average molecular weight is 423 g/mol. The second-order valence-corrected chi connectivity index (χ2v) is 8.56. The smallest absolute Gasteiger partial charge is 0.465 e. The highest BCUT2D eigenvalue weighted by molar-refractivity contribution is 7.88. The monoisotopic (exact) mass is 423 g/mol. The number of amides is 1. The Morgan fingerprint density at radius 3 is 2.36 bits per heavy atom. The number of piperidine rings is 1. The fraction of sp³-hybridized carbons (Fsp3) is 0.588. The Morgan fingerprint density at radius 2 is 1.86 bits per heavy atom. The molecule has 1 amide bonds. The lowest BCUT2D eigenvalue weighted by Gasteiger charge is -2.54. The minimum absolute atomic E-state index is 0.212. The van der Waals surface area contributed by atoms with Crippen molar-refractivity contribution in [2.45, 2.75) is 30.4 Å². The van der Waals surface area contributed by atoms with Crippen LogP contribution in [0.25, 0.3) is 0 Å². The number of hydrogen-bond donors (Lipinski definition) is 1. The summed E-state index contributed by atoms with van der Waals surface area (Å²) in [4.78, 5) is 12.7. The molecule has 2 bridgehead atoms. The van der Waals surface area contributed by atoms with Crippen LogP contribution < -0.4 is 4.18 Å². The molecule has 1 N–H and O–H groups in total. The number of carboxylic acid groups (broad SMARTS) is 1. The van der Waals surface area contributed by atoms with Crippen LogP contribution in [-0.4, -0.2) is 50.2 Å². The lowest BCUT2D eigenvalue weighted by atomic mass is 9.62. The third-order valence-electron chi connectivity index (χ3n) is 5.58. The molecule has 0 aromatic heterocycles. The highest BCUT2D eigenvalue weighted by atomic mass is 32.2. The summed E-state index contributed by atoms with van der Waals surface area (Å²) in [6.45, 7) is 0.456. The number of methoxy groups -OCH3 is 1. The van der Waals surface area contributed by atoms with E-state index in [9.17, 15) is 31.5 Å². The van der Waals surface area contributed by atoms with E-state index in [-0.39, 0.29) is 24.9 Å². The van der Waals surface area contributed by atoms with Gasteiger partial charge in [0.15, 0.2) is 0 Å². The van der Waals surface area contributed by atoms with Gasteiger partial charge < -0.3 is 18.9 Å². The fourth-order valence-corrected chi connectivity index (χ4v) is 4.93. The lowest BCUT2D eigenvalue weighted by molar-refractivity contribution is -0.163. The van der Waals surface area contributed by atoms with Crippen LogP contribution in [0.15, 0.2) is 24.3 Å². The van der Waals surface area contributed by atoms with Gasteiger partial charge in [-0.1, -0.05) is 18.6 Å². The second-order valence-electron chi connectivity index (χ2n) is 7.02. The SMILES string of the molecule is COC1(c2cccc(OS(=O)(=O)C(F)(F)F)c2)C2CCCC1CN(C(=O)O)C2. The molecular weight excluding hydrogens is 403 g/mol. The molecule has 1 aromatic rings. The molecule has 3 rings (SSSR count). The summed E-state index contributed by atoms with van der Waals surface area (Å²) in [5, 5.41) is 9.35. The van der Waals surface area contributed by atoms with E-state index in [1.165, 1.54) is 24.1 Å². The van der Waals surface area contributed by atoms with Crippen molar-refractivity contribution >= 4 is 16.2 Å². The number of hydrogen-bond acceptors (Lipinski definition) is 5. The highest BCUT2D eigenvalue weighted by Gasteiger charge is 2.54. The number of halogens is 3. The van der Waals surface area contributed by atoms with Crippen molar-refractivity contribution in [3.63, 3.8) is 0 Å². The molecule has 1 heterocycles. The van der Waals surface area contributed by atoms with Crippen LogP contribution in [-0.2, 0) is 20.5 Å². The molecule has 1 aromatic carbocycles. The molecule has 2 aliphatic rings. The Kier molecular flexibility index (Phi) is 5.26. The van der Waals surface area contributed by atoms with Crippen LogP contribution in [0.2, 0.25) is 0 Å². The zero-order valence-electron chi connectivity index (χ0n) is 15.0. The van der Waals surface area contributed by atoms with E-state index in [0.29, 0.717) is 18.4 Å². The standard InChI is InChI=1S/C17H20F3NO6S/c1-26-16(12-5-2-6-13(16)10-21(9-12)15(22)23)11-4-3-7-14(8-11)27-28(24,25)17(18,19)20/h3-4,7-8,12-13H,2,5-6,9-10H2,1H3,(H,22,23). The van der Waals surface area contributed by atoms with Crippen molar-refractivity contribution < 1.29 is 40.4 Å². The molecule has 1 aliphatic carbocycles. The minimum atomic E-state index is -5.79. The van der Waals surface area contributed by atoms with Gasteiger partial charge in [-0.15, -0.1) is 0 Å². The van der Waals surface area contributed by atoms with E-state index in [4.69, 9.17) is 4.74 Å². The van der Waals surface area contributed by atoms with Crippen molar-refractivity contribution in [1.29, 1.82) is 0 Å². The molecule has 1 saturated carbocycles. The van der Waals surface area contributed by atoms with Gasteiger partial charge >= 0.3 is 21.7 Å². The van der Waals surface area contributed by atoms with Crippen LogP contribution in [0.5, 0.6) is 5.75 Å². The quantitative estimate of drug-likeness (QED) is 0.591. The number of nitrogens with zero attached hydrogens (tertiary/aromatic N) is 1. The first-order valence-corrected chi connectivity index (χ1v) is 10.1. The Morgan fingerprint density at radius 1 is 1.25 bits per heavy atom. The van der Waals surface area contributed by atoms with E-state index < -0.39 is 33.1 Å². The molecule has 28 heavy (non-hydrogen) atoms. The number of alkyl halides is 3. The van der Waals surface area contributed by atoms with Crippen molar-refractivity contribution in [2.75, 3.05) is 20.2 Å². The summed E-state index contributed by atoms with van der Waals surface area (Å²) < 4.78 is 70.6. The van der Waals surface area contributed by atoms with Crippen molar-refractivity contribution in [3.8, 4) is 5.75 Å². The van der Waals surface area contributed by atoms with Crippen molar-refractivity contribution in [2.24, 2.45) is 11.8 Å². The third kappa shape index (κ3) is 3.41. The van der Waals surface area contributed by atoms with Gasteiger partial charge in [0, 0.05) is 32.0 Å². The summed E-state index contributed by atoms with van der Waals surface area (Å²) in [5.74, 6) is -0.892. The van der Waals surface area contributed by atoms with Gasteiger partial charge in [0.1, 0.15) is 11.4 Å². The molecule has 2 atom stereocenters. The molecule has 2 unspecified atom stereocenters. The molecule has 0 spiro atoms. The molecular formula is C17H20F3NO6S. The maximum Gasteiger partial charge on any atom is 0.534 e. The van der Waals surface area contributed by atoms with Crippen molar-refractivity contribution in [3.05, 3.63) is 29.8 Å². The first-order chi connectivity index (χ1) is 13.0. The van der Waals surface area contributed by atoms with E-state index in [2.05, 4.69) is 4.18 Å². The number of likely N-dealkylation sites (tertiary alicyclic amines) is 1. The zero-order chi connectivity index (χ0) is 20.7. The van der Waals surface area contributed by atoms with Crippen LogP contribution in [0, 0.1) is 11.8 Å². The topological polar surface area (TPSA) is 93.1 Å². The van der Waals surface area contributed by atoms with Crippen LogP contribution >= 0.6 is 0 Å². The van der Waals surface area contributed by atoms with Crippen LogP contribution in [0.1, 0.15) is 24.8 Å². The summed E-state index contributed by atoms with van der Waals surface area (Å²) in [6, 6.07) is 5.39. The second kappa shape index (κ2) is 7.11. The largest absolute Gasteiger partial charge is 0.534 e. The number of rotatable bonds is 4. The van der Waals surface area contributed by atoms with Gasteiger partial charge in [-0.2, -0.15) is 21.6 Å². The molecule has 1 saturated heterocycles. The molecule has 2 fully saturated rings. The zero-order valence-corrected chi connectivity index (χ0v) is 15.8. The predicted octanol–water partition coefficient (Wildman–Crippen LogP) is 3.17. The van der Waals surface area contributed by atoms with E-state index in [0.717, 1.165) is 12.5 Å². The number of carbonyl (C=O) groups is 1. The van der Waals surface area contributed by atoms with Crippen molar-refractivity contribution in [1.82, 2.24) is 4.90 Å². The summed E-state index contributed by atoms with van der Waals surface area (Å²) >= 11 is 0. The molecule has 11 heteroatoms. The lowest BCUT2D eigenvalue weighted by Crippen LogP contribution is -2.59. The van der Waals surface area contributed by atoms with Gasteiger partial charge in [0.2, 0.25) is 0 Å². The first kappa shape index (κ1) is 20.7. The summed E-state index contributed by atoms with van der Waals surface area (Å²) in [6.07, 6.45) is 1.21. The Balaban J connectivity index is 1.99. The average Bonchev–Trinajstić information content (AvgIpc) is 2.59. The van der Waals surface area contributed by atoms with E-state index >= 15 is 0 Å². The van der Waals surface area contributed by atoms with Gasteiger partial charge in [0.05, 0.1) is 0 Å². The van der Waals surface area contributed by atoms with E-state index in [1.54, 1.807) is 6.07 Å². The number of fused-ring (bicyclic) bond motifs is 2. The predicted molar refractivity (Wildman–Crippen MR) is 91.2 cm³/mol. The molecule has 7 nitrogen and oxygen atoms in total. The van der Waals surface area contributed by atoms with Crippen LogP contribution in [0.4, 0.5) is 18.0 Å². The van der Waals surface area contributed by atoms with Gasteiger partial charge in [-0.3, -0.25) is 0 Å². The summed E-state index contributed by atoms with van der Waals surface area (Å²) in [5.41, 5.74) is -5.98. The van der Waals surface area contributed by atoms with Crippen LogP contribution in [0.3, 0.4) is 0 Å². The Hall–Kier alpha value is -2.01. The molecule has 1 aliphatic heterocycles. The molecule has 0 radical (unpaired) electrons. The molecule has 156 valence electrons. The van der Waals surface area contributed by atoms with Gasteiger partial charge in [-0.25, -0.2) is 4.79 Å². The Bertz CT molecular complexity index is 843.